The van der Waals surface area contributed by atoms with Gasteiger partial charge in [0.15, 0.2) is 9.84 Å². The summed E-state index contributed by atoms with van der Waals surface area (Å²) in [5, 5.41) is -0.242. The highest BCUT2D eigenvalue weighted by molar-refractivity contribution is 7.91. The van der Waals surface area contributed by atoms with Crippen molar-refractivity contribution in [2.45, 2.75) is 103 Å². The molecule has 3 rings (SSSR count). The molecule has 29 heavy (non-hydrogen) atoms. The number of ether oxygens (including phenoxy) is 1. The Morgan fingerprint density at radius 3 is 2.28 bits per heavy atom. The van der Waals surface area contributed by atoms with Crippen molar-refractivity contribution in [1.29, 1.82) is 0 Å². The maximum absolute atomic E-state index is 12.2. The number of sulfone groups is 1. The van der Waals surface area contributed by atoms with E-state index in [-0.39, 0.29) is 5.25 Å². The van der Waals surface area contributed by atoms with E-state index in [2.05, 4.69) is 25.1 Å². The normalized spacial score (nSPS) is 23.6. The van der Waals surface area contributed by atoms with Gasteiger partial charge in [0.05, 0.1) is 17.1 Å². The Labute approximate surface area is 178 Å². The summed E-state index contributed by atoms with van der Waals surface area (Å²) in [7, 11) is -2.90. The van der Waals surface area contributed by atoms with Gasteiger partial charge in [-0.1, -0.05) is 31.9 Å². The summed E-state index contributed by atoms with van der Waals surface area (Å²) in [6, 6.07) is 6.80. The smallest absolute Gasteiger partial charge is 0.152 e. The summed E-state index contributed by atoms with van der Waals surface area (Å²) in [5.41, 5.74) is 2.77. The van der Waals surface area contributed by atoms with Gasteiger partial charge in [-0.15, -0.1) is 0 Å². The van der Waals surface area contributed by atoms with E-state index in [1.807, 2.05) is 0 Å². The Morgan fingerprint density at radius 1 is 1.00 bits per heavy atom. The van der Waals surface area contributed by atoms with Crippen molar-refractivity contribution in [2.24, 2.45) is 11.8 Å². The molecule has 2 aliphatic carbocycles. The second kappa shape index (κ2) is 10.3. The molecule has 1 aromatic rings. The van der Waals surface area contributed by atoms with E-state index < -0.39 is 9.84 Å². The summed E-state index contributed by atoms with van der Waals surface area (Å²) >= 11 is 0. The summed E-state index contributed by atoms with van der Waals surface area (Å²) in [6.07, 6.45) is 13.3. The molecule has 0 unspecified atom stereocenters. The Hall–Kier alpha value is -1.03. The molecule has 0 saturated heterocycles. The number of aryl methyl sites for hydroxylation is 2. The van der Waals surface area contributed by atoms with Gasteiger partial charge in [0.2, 0.25) is 0 Å². The fourth-order valence-electron chi connectivity index (χ4n) is 4.94. The zero-order chi connectivity index (χ0) is 20.9. The van der Waals surface area contributed by atoms with Crippen molar-refractivity contribution in [3.8, 4) is 5.75 Å². The molecular formula is C25H40O3S. The number of rotatable bonds is 9. The van der Waals surface area contributed by atoms with Gasteiger partial charge in [0.25, 0.3) is 0 Å². The van der Waals surface area contributed by atoms with Gasteiger partial charge < -0.3 is 4.74 Å². The lowest BCUT2D eigenvalue weighted by molar-refractivity contribution is 0.208. The summed E-state index contributed by atoms with van der Waals surface area (Å²) in [6.45, 7) is 5.82. The minimum atomic E-state index is -2.90. The third-order valence-corrected chi connectivity index (χ3v) is 9.47. The molecule has 4 heteroatoms. The molecule has 2 saturated carbocycles. The van der Waals surface area contributed by atoms with Crippen LogP contribution < -0.4 is 4.74 Å². The second-order valence-corrected chi connectivity index (χ2v) is 12.2. The highest BCUT2D eigenvalue weighted by Crippen LogP contribution is 2.34. The van der Waals surface area contributed by atoms with Gasteiger partial charge in [-0.05, 0) is 101 Å². The van der Waals surface area contributed by atoms with Crippen molar-refractivity contribution in [3.05, 3.63) is 29.3 Å². The predicted octanol–water partition coefficient (Wildman–Crippen LogP) is 6.13. The van der Waals surface area contributed by atoms with Crippen molar-refractivity contribution in [1.82, 2.24) is 0 Å². The van der Waals surface area contributed by atoms with E-state index in [1.165, 1.54) is 56.1 Å². The highest BCUT2D eigenvalue weighted by atomic mass is 32.2. The fourth-order valence-corrected chi connectivity index (χ4v) is 6.32. The molecule has 0 bridgehead atoms. The molecule has 0 heterocycles. The van der Waals surface area contributed by atoms with Crippen molar-refractivity contribution < 1.29 is 13.2 Å². The lowest BCUT2D eigenvalue weighted by Gasteiger charge is -2.29. The Bertz CT molecular complexity index is 739. The maximum atomic E-state index is 12.2. The molecule has 0 aromatic heterocycles. The molecule has 0 N–H and O–H groups in total. The minimum Gasteiger partial charge on any atom is -0.490 e. The molecule has 3 nitrogen and oxygen atoms in total. The third-order valence-electron chi connectivity index (χ3n) is 7.10. The Morgan fingerprint density at radius 2 is 1.66 bits per heavy atom. The van der Waals surface area contributed by atoms with Crippen LogP contribution in [0.1, 0.15) is 89.7 Å². The van der Waals surface area contributed by atoms with Gasteiger partial charge in [0.1, 0.15) is 5.75 Å². The number of hydrogen-bond donors (Lipinski definition) is 0. The largest absolute Gasteiger partial charge is 0.490 e. The first-order valence-corrected chi connectivity index (χ1v) is 13.6. The zero-order valence-corrected chi connectivity index (χ0v) is 19.5. The first-order chi connectivity index (χ1) is 13.9. The van der Waals surface area contributed by atoms with Gasteiger partial charge in [0, 0.05) is 0 Å². The quantitative estimate of drug-likeness (QED) is 0.482. The van der Waals surface area contributed by atoms with Crippen LogP contribution in [-0.2, 0) is 22.7 Å². The molecule has 0 amide bonds. The first-order valence-electron chi connectivity index (χ1n) is 11.9. The van der Waals surface area contributed by atoms with Crippen molar-refractivity contribution in [2.75, 3.05) is 5.75 Å². The Kier molecular flexibility index (Phi) is 8.07. The minimum absolute atomic E-state index is 0.242. The van der Waals surface area contributed by atoms with Crippen LogP contribution in [-0.4, -0.2) is 25.5 Å². The van der Waals surface area contributed by atoms with Crippen molar-refractivity contribution in [3.63, 3.8) is 0 Å². The lowest BCUT2D eigenvalue weighted by Crippen LogP contribution is -2.26. The van der Waals surface area contributed by atoms with E-state index in [4.69, 9.17) is 4.74 Å². The van der Waals surface area contributed by atoms with Crippen LogP contribution in [0.3, 0.4) is 0 Å². The standard InChI is InChI=1S/C25H40O3S/c1-4-23-17-21(15-16-25(23)28-24-7-5-6-8-24)12-9-20-10-13-22(14-11-20)18-29(26,27)19(2)3/h15-17,19-20,22,24H,4-14,18H2,1-3H3. The maximum Gasteiger partial charge on any atom is 0.152 e. The zero-order valence-electron chi connectivity index (χ0n) is 18.7. The van der Waals surface area contributed by atoms with Gasteiger partial charge >= 0.3 is 0 Å². The van der Waals surface area contributed by atoms with Gasteiger partial charge in [-0.25, -0.2) is 8.42 Å². The lowest BCUT2D eigenvalue weighted by atomic mass is 9.80. The molecule has 1 aromatic carbocycles. The number of benzene rings is 1. The van der Waals surface area contributed by atoms with Crippen LogP contribution in [0.4, 0.5) is 0 Å². The molecule has 0 aliphatic heterocycles. The Balaban J connectivity index is 1.46. The number of hydrogen-bond acceptors (Lipinski definition) is 3. The van der Waals surface area contributed by atoms with Crippen LogP contribution in [0.2, 0.25) is 0 Å². The topological polar surface area (TPSA) is 43.4 Å². The average molecular weight is 421 g/mol. The average Bonchev–Trinajstić information content (AvgIpc) is 3.21. The summed E-state index contributed by atoms with van der Waals surface area (Å²) in [5.74, 6) is 2.60. The van der Waals surface area contributed by atoms with Crippen LogP contribution in [0.5, 0.6) is 5.75 Å². The predicted molar refractivity (Wildman–Crippen MR) is 121 cm³/mol. The summed E-state index contributed by atoms with van der Waals surface area (Å²) in [4.78, 5) is 0. The van der Waals surface area contributed by atoms with E-state index in [0.29, 0.717) is 17.8 Å². The third kappa shape index (κ3) is 6.47. The van der Waals surface area contributed by atoms with Crippen LogP contribution in [0.15, 0.2) is 18.2 Å². The van der Waals surface area contributed by atoms with Crippen LogP contribution in [0.25, 0.3) is 0 Å². The highest BCUT2D eigenvalue weighted by Gasteiger charge is 2.27. The molecule has 0 atom stereocenters. The molecule has 2 aliphatic rings. The molecule has 0 radical (unpaired) electrons. The van der Waals surface area contributed by atoms with Gasteiger partial charge in [-0.2, -0.15) is 0 Å². The SMILES string of the molecule is CCc1cc(CCC2CCC(CS(=O)(=O)C(C)C)CC2)ccc1OC1CCCC1. The molecule has 164 valence electrons. The van der Waals surface area contributed by atoms with E-state index in [1.54, 1.807) is 13.8 Å². The van der Waals surface area contributed by atoms with E-state index in [0.717, 1.165) is 37.4 Å². The van der Waals surface area contributed by atoms with Crippen LogP contribution in [0, 0.1) is 11.8 Å². The fraction of sp³-hybridized carbons (Fsp3) is 0.760. The molecule has 0 spiro atoms. The summed E-state index contributed by atoms with van der Waals surface area (Å²) < 4.78 is 30.6. The molecule has 2 fully saturated rings. The monoisotopic (exact) mass is 420 g/mol. The second-order valence-electron chi connectivity index (χ2n) is 9.62. The van der Waals surface area contributed by atoms with Gasteiger partial charge in [-0.3, -0.25) is 0 Å². The van der Waals surface area contributed by atoms with Crippen LogP contribution >= 0.6 is 0 Å². The first kappa shape index (κ1) is 22.7. The van der Waals surface area contributed by atoms with Crippen molar-refractivity contribution >= 4 is 9.84 Å². The van der Waals surface area contributed by atoms with E-state index >= 15 is 0 Å². The molecular weight excluding hydrogens is 380 g/mol. The van der Waals surface area contributed by atoms with E-state index in [9.17, 15) is 8.42 Å².